The Bertz CT molecular complexity index is 1130. The van der Waals surface area contributed by atoms with E-state index in [2.05, 4.69) is 10.2 Å². The lowest BCUT2D eigenvalue weighted by atomic mass is 9.83. The molecule has 2 atom stereocenters. The number of nitrogens with one attached hydrogen (secondary N) is 1. The molecule has 0 spiro atoms. The summed E-state index contributed by atoms with van der Waals surface area (Å²) in [6, 6.07) is 17.1. The van der Waals surface area contributed by atoms with Crippen molar-refractivity contribution >= 4 is 16.9 Å². The van der Waals surface area contributed by atoms with E-state index in [-0.39, 0.29) is 11.5 Å². The number of hydrogen-bond acceptors (Lipinski definition) is 4. The summed E-state index contributed by atoms with van der Waals surface area (Å²) >= 11 is 0. The SMILES string of the molecule is O=C(NCC1CCCN2CCCCC12)c1ccc(-c2cc3ccccc3oc2=O)cc1. The van der Waals surface area contributed by atoms with Gasteiger partial charge >= 0.3 is 5.63 Å². The molecule has 0 radical (unpaired) electrons. The van der Waals surface area contributed by atoms with Crippen molar-refractivity contribution in [3.8, 4) is 11.1 Å². The maximum absolute atomic E-state index is 12.7. The molecule has 5 heteroatoms. The summed E-state index contributed by atoms with van der Waals surface area (Å²) in [6.07, 6.45) is 6.27. The third-order valence-electron chi connectivity index (χ3n) is 6.85. The zero-order chi connectivity index (χ0) is 21.2. The molecule has 5 rings (SSSR count). The second-order valence-electron chi connectivity index (χ2n) is 8.77. The fourth-order valence-electron chi connectivity index (χ4n) is 5.21. The number of rotatable bonds is 4. The van der Waals surface area contributed by atoms with E-state index in [0.29, 0.717) is 28.7 Å². The molecule has 1 amide bonds. The minimum Gasteiger partial charge on any atom is -0.422 e. The van der Waals surface area contributed by atoms with Gasteiger partial charge < -0.3 is 14.6 Å². The molecule has 0 saturated carbocycles. The first-order valence-electron chi connectivity index (χ1n) is 11.3. The van der Waals surface area contributed by atoms with Crippen molar-refractivity contribution in [1.29, 1.82) is 0 Å². The highest BCUT2D eigenvalue weighted by atomic mass is 16.4. The average Bonchev–Trinajstić information content (AvgIpc) is 2.82. The lowest BCUT2D eigenvalue weighted by molar-refractivity contribution is 0.0575. The van der Waals surface area contributed by atoms with Gasteiger partial charge in [0.25, 0.3) is 5.91 Å². The van der Waals surface area contributed by atoms with Crippen LogP contribution in [0.2, 0.25) is 0 Å². The first kappa shape index (κ1) is 20.0. The summed E-state index contributed by atoms with van der Waals surface area (Å²) in [4.78, 5) is 27.7. The van der Waals surface area contributed by atoms with E-state index in [9.17, 15) is 9.59 Å². The zero-order valence-corrected chi connectivity index (χ0v) is 17.7. The fourth-order valence-corrected chi connectivity index (χ4v) is 5.21. The van der Waals surface area contributed by atoms with Crippen molar-refractivity contribution in [3.05, 3.63) is 70.6 Å². The van der Waals surface area contributed by atoms with Crippen LogP contribution in [0.1, 0.15) is 42.5 Å². The second-order valence-corrected chi connectivity index (χ2v) is 8.77. The predicted molar refractivity (Wildman–Crippen MR) is 122 cm³/mol. The summed E-state index contributed by atoms with van der Waals surface area (Å²) in [7, 11) is 0. The van der Waals surface area contributed by atoms with Crippen LogP contribution in [-0.4, -0.2) is 36.5 Å². The fraction of sp³-hybridized carbons (Fsp3) is 0.385. The van der Waals surface area contributed by atoms with E-state index in [0.717, 1.165) is 17.5 Å². The summed E-state index contributed by atoms with van der Waals surface area (Å²) in [6.45, 7) is 3.15. The Morgan fingerprint density at radius 1 is 1.00 bits per heavy atom. The van der Waals surface area contributed by atoms with Gasteiger partial charge in [0.05, 0.1) is 5.56 Å². The van der Waals surface area contributed by atoms with E-state index in [1.807, 2.05) is 36.4 Å². The first-order chi connectivity index (χ1) is 15.2. The normalized spacial score (nSPS) is 21.5. The largest absolute Gasteiger partial charge is 0.422 e. The first-order valence-corrected chi connectivity index (χ1v) is 11.3. The van der Waals surface area contributed by atoms with E-state index in [1.165, 1.54) is 45.2 Å². The Morgan fingerprint density at radius 2 is 1.81 bits per heavy atom. The Balaban J connectivity index is 1.27. The third kappa shape index (κ3) is 4.15. The van der Waals surface area contributed by atoms with E-state index in [1.54, 1.807) is 18.2 Å². The molecule has 1 aromatic heterocycles. The van der Waals surface area contributed by atoms with Crippen molar-refractivity contribution in [1.82, 2.24) is 10.2 Å². The molecule has 2 aliphatic rings. The molecule has 160 valence electrons. The highest BCUT2D eigenvalue weighted by Crippen LogP contribution is 2.30. The van der Waals surface area contributed by atoms with Gasteiger partial charge in [-0.25, -0.2) is 4.79 Å². The number of hydrogen-bond donors (Lipinski definition) is 1. The Labute approximate surface area is 182 Å². The quantitative estimate of drug-likeness (QED) is 0.638. The number of para-hydroxylation sites is 1. The summed E-state index contributed by atoms with van der Waals surface area (Å²) in [5, 5.41) is 4.03. The molecule has 1 N–H and O–H groups in total. The van der Waals surface area contributed by atoms with Gasteiger partial charge in [0.15, 0.2) is 0 Å². The number of piperidine rings is 2. The minimum absolute atomic E-state index is 0.0509. The highest BCUT2D eigenvalue weighted by Gasteiger charge is 2.32. The van der Waals surface area contributed by atoms with Crippen LogP contribution < -0.4 is 10.9 Å². The molecule has 31 heavy (non-hydrogen) atoms. The van der Waals surface area contributed by atoms with Gasteiger partial charge in [-0.1, -0.05) is 36.8 Å². The van der Waals surface area contributed by atoms with Crippen molar-refractivity contribution in [2.45, 2.75) is 38.1 Å². The minimum atomic E-state index is -0.370. The van der Waals surface area contributed by atoms with Crippen molar-refractivity contribution < 1.29 is 9.21 Å². The van der Waals surface area contributed by atoms with E-state index in [4.69, 9.17) is 4.42 Å². The summed E-state index contributed by atoms with van der Waals surface area (Å²) < 4.78 is 5.44. The van der Waals surface area contributed by atoms with Gasteiger partial charge in [-0.05, 0) is 74.5 Å². The molecule has 2 unspecified atom stereocenters. The van der Waals surface area contributed by atoms with Gasteiger partial charge in [-0.2, -0.15) is 0 Å². The molecular formula is C26H28N2O3. The molecule has 0 aliphatic carbocycles. The Morgan fingerprint density at radius 3 is 2.68 bits per heavy atom. The number of amides is 1. The number of nitrogens with zero attached hydrogens (tertiary/aromatic N) is 1. The standard InChI is InChI=1S/C26H28N2O3/c29-25(27-17-21-7-5-15-28-14-4-3-8-23(21)28)19-12-10-18(11-13-19)22-16-20-6-1-2-9-24(20)31-26(22)30/h1-2,6,9-13,16,21,23H,3-5,7-8,14-15,17H2,(H,27,29). The number of carbonyl (C=O) groups excluding carboxylic acids is 1. The number of benzene rings is 2. The van der Waals surface area contributed by atoms with Crippen LogP contribution >= 0.6 is 0 Å². The molecule has 2 aliphatic heterocycles. The van der Waals surface area contributed by atoms with Crippen LogP contribution in [0.5, 0.6) is 0 Å². The molecule has 2 aromatic carbocycles. The number of carbonyl (C=O) groups is 1. The summed E-state index contributed by atoms with van der Waals surface area (Å²) in [5.41, 5.74) is 2.08. The highest BCUT2D eigenvalue weighted by molar-refractivity contribution is 5.94. The smallest absolute Gasteiger partial charge is 0.344 e. The zero-order valence-electron chi connectivity index (χ0n) is 17.7. The molecule has 2 saturated heterocycles. The van der Waals surface area contributed by atoms with Crippen LogP contribution in [-0.2, 0) is 0 Å². The Hall–Kier alpha value is -2.92. The number of fused-ring (bicyclic) bond motifs is 2. The van der Waals surface area contributed by atoms with E-state index < -0.39 is 0 Å². The summed E-state index contributed by atoms with van der Waals surface area (Å²) in [5.74, 6) is 0.490. The predicted octanol–water partition coefficient (Wildman–Crippen LogP) is 4.45. The van der Waals surface area contributed by atoms with Gasteiger partial charge in [0.2, 0.25) is 0 Å². The van der Waals surface area contributed by atoms with Gasteiger partial charge in [0.1, 0.15) is 5.58 Å². The molecule has 3 aromatic rings. The van der Waals surface area contributed by atoms with Crippen molar-refractivity contribution in [2.24, 2.45) is 5.92 Å². The average molecular weight is 417 g/mol. The molecule has 3 heterocycles. The maximum Gasteiger partial charge on any atom is 0.344 e. The van der Waals surface area contributed by atoms with Crippen molar-refractivity contribution in [3.63, 3.8) is 0 Å². The molecular weight excluding hydrogens is 388 g/mol. The van der Waals surface area contributed by atoms with Crippen LogP contribution in [0.4, 0.5) is 0 Å². The lowest BCUT2D eigenvalue weighted by Crippen LogP contribution is -2.51. The Kier molecular flexibility index (Phi) is 5.60. The monoisotopic (exact) mass is 416 g/mol. The van der Waals surface area contributed by atoms with Gasteiger partial charge in [-0.15, -0.1) is 0 Å². The molecule has 0 bridgehead atoms. The topological polar surface area (TPSA) is 62.6 Å². The third-order valence-corrected chi connectivity index (χ3v) is 6.85. The van der Waals surface area contributed by atoms with Gasteiger partial charge in [-0.3, -0.25) is 4.79 Å². The maximum atomic E-state index is 12.7. The van der Waals surface area contributed by atoms with Crippen LogP contribution in [0.3, 0.4) is 0 Å². The lowest BCUT2D eigenvalue weighted by Gasteiger charge is -2.44. The van der Waals surface area contributed by atoms with Crippen LogP contribution in [0.15, 0.2) is 63.8 Å². The molecule has 2 fully saturated rings. The van der Waals surface area contributed by atoms with Crippen LogP contribution in [0.25, 0.3) is 22.1 Å². The second kappa shape index (κ2) is 8.67. The van der Waals surface area contributed by atoms with E-state index >= 15 is 0 Å². The van der Waals surface area contributed by atoms with Crippen LogP contribution in [0, 0.1) is 5.92 Å². The van der Waals surface area contributed by atoms with Crippen molar-refractivity contribution in [2.75, 3.05) is 19.6 Å². The van der Waals surface area contributed by atoms with Gasteiger partial charge in [0, 0.05) is 23.5 Å². The molecule has 5 nitrogen and oxygen atoms in total.